The van der Waals surface area contributed by atoms with E-state index in [1.807, 2.05) is 0 Å². The van der Waals surface area contributed by atoms with E-state index < -0.39 is 10.0 Å². The molecular formula is C13H19NO4S. The molecule has 0 aliphatic heterocycles. The highest BCUT2D eigenvalue weighted by Crippen LogP contribution is 2.17. The van der Waals surface area contributed by atoms with Crippen molar-refractivity contribution in [1.29, 1.82) is 0 Å². The number of carbonyl (C=O) groups excluding carboxylic acids is 1. The summed E-state index contributed by atoms with van der Waals surface area (Å²) in [6, 6.07) is 7.20. The van der Waals surface area contributed by atoms with Crippen LogP contribution in [0.1, 0.15) is 30.9 Å². The first-order valence-corrected chi connectivity index (χ1v) is 7.92. The van der Waals surface area contributed by atoms with Crippen molar-refractivity contribution in [2.75, 3.05) is 12.9 Å². The van der Waals surface area contributed by atoms with Gasteiger partial charge in [0.1, 0.15) is 0 Å². The van der Waals surface area contributed by atoms with E-state index in [1.165, 1.54) is 0 Å². The third-order valence-corrected chi connectivity index (χ3v) is 3.33. The van der Waals surface area contributed by atoms with Gasteiger partial charge in [-0.2, -0.15) is 0 Å². The van der Waals surface area contributed by atoms with Gasteiger partial charge < -0.3 is 4.74 Å². The fourth-order valence-corrected chi connectivity index (χ4v) is 1.97. The van der Waals surface area contributed by atoms with Gasteiger partial charge in [0.2, 0.25) is 10.0 Å². The molecule has 5 nitrogen and oxygen atoms in total. The van der Waals surface area contributed by atoms with E-state index in [-0.39, 0.29) is 18.4 Å². The molecule has 106 valence electrons. The first kappa shape index (κ1) is 15.7. The Morgan fingerprint density at radius 3 is 2.37 bits per heavy atom. The lowest BCUT2D eigenvalue weighted by molar-refractivity contribution is -0.144. The maximum absolute atomic E-state index is 11.6. The topological polar surface area (TPSA) is 72.5 Å². The number of ether oxygens (including phenoxy) is 1. The first-order chi connectivity index (χ1) is 8.83. The number of esters is 1. The molecule has 1 unspecified atom stereocenters. The Morgan fingerprint density at radius 1 is 1.32 bits per heavy atom. The molecule has 0 amide bonds. The molecule has 6 heteroatoms. The Hall–Kier alpha value is -1.40. The lowest BCUT2D eigenvalue weighted by atomic mass is 10.00. The summed E-state index contributed by atoms with van der Waals surface area (Å²) in [5.41, 5.74) is 1.69. The van der Waals surface area contributed by atoms with Crippen LogP contribution in [0, 0.1) is 0 Å². The minimum atomic E-state index is -3.19. The van der Waals surface area contributed by atoms with E-state index in [9.17, 15) is 13.2 Å². The number of nitrogens with one attached hydrogen (secondary N) is 1. The molecule has 0 radical (unpaired) electrons. The standard InChI is InChI=1S/C13H19NO4S/c1-4-18-13(15)10(2)12-7-5-11(6-8-12)9-14-19(3,16)17/h5-8,10,14H,4,9H2,1-3H3. The van der Waals surface area contributed by atoms with E-state index in [0.717, 1.165) is 17.4 Å². The van der Waals surface area contributed by atoms with Gasteiger partial charge in [-0.15, -0.1) is 0 Å². The second kappa shape index (κ2) is 6.68. The molecule has 19 heavy (non-hydrogen) atoms. The Morgan fingerprint density at radius 2 is 1.89 bits per heavy atom. The van der Waals surface area contributed by atoms with E-state index in [1.54, 1.807) is 38.1 Å². The van der Waals surface area contributed by atoms with E-state index in [0.29, 0.717) is 6.61 Å². The van der Waals surface area contributed by atoms with Gasteiger partial charge in [0.15, 0.2) is 0 Å². The molecule has 0 saturated carbocycles. The van der Waals surface area contributed by atoms with Crippen molar-refractivity contribution in [3.8, 4) is 0 Å². The summed E-state index contributed by atoms with van der Waals surface area (Å²) in [4.78, 5) is 11.6. The zero-order valence-corrected chi connectivity index (χ0v) is 12.2. The zero-order valence-electron chi connectivity index (χ0n) is 11.3. The number of benzene rings is 1. The number of carbonyl (C=O) groups is 1. The molecule has 1 aromatic rings. The summed E-state index contributed by atoms with van der Waals surface area (Å²) >= 11 is 0. The summed E-state index contributed by atoms with van der Waals surface area (Å²) in [5.74, 6) is -0.582. The number of sulfonamides is 1. The molecule has 1 aromatic carbocycles. The summed E-state index contributed by atoms with van der Waals surface area (Å²) in [7, 11) is -3.19. The van der Waals surface area contributed by atoms with Crippen molar-refractivity contribution in [2.24, 2.45) is 0 Å². The third kappa shape index (κ3) is 5.40. The molecule has 0 aliphatic rings. The molecular weight excluding hydrogens is 266 g/mol. The van der Waals surface area contributed by atoms with E-state index in [2.05, 4.69) is 4.72 Å². The molecule has 0 bridgehead atoms. The maximum Gasteiger partial charge on any atom is 0.313 e. The summed E-state index contributed by atoms with van der Waals surface area (Å²) in [6.07, 6.45) is 1.12. The predicted molar refractivity (Wildman–Crippen MR) is 73.2 cm³/mol. The van der Waals surface area contributed by atoms with Gasteiger partial charge in [-0.25, -0.2) is 13.1 Å². The summed E-state index contributed by atoms with van der Waals surface area (Å²) in [5, 5.41) is 0. The molecule has 1 rings (SSSR count). The third-order valence-electron chi connectivity index (χ3n) is 2.66. The average Bonchev–Trinajstić information content (AvgIpc) is 2.35. The lowest BCUT2D eigenvalue weighted by Crippen LogP contribution is -2.21. The van der Waals surface area contributed by atoms with Crippen molar-refractivity contribution in [3.05, 3.63) is 35.4 Å². The van der Waals surface area contributed by atoms with Crippen LogP contribution in [0.3, 0.4) is 0 Å². The molecule has 0 spiro atoms. The Bertz CT molecular complexity index is 522. The van der Waals surface area contributed by atoms with Crippen LogP contribution in [0.2, 0.25) is 0 Å². The van der Waals surface area contributed by atoms with Crippen LogP contribution < -0.4 is 4.72 Å². The predicted octanol–water partition coefficient (Wildman–Crippen LogP) is 1.40. The maximum atomic E-state index is 11.6. The van der Waals surface area contributed by atoms with Crippen LogP contribution in [0.15, 0.2) is 24.3 Å². The van der Waals surface area contributed by atoms with Crippen molar-refractivity contribution >= 4 is 16.0 Å². The van der Waals surface area contributed by atoms with Gasteiger partial charge in [0.05, 0.1) is 18.8 Å². The number of hydrogen-bond donors (Lipinski definition) is 1. The summed E-state index contributed by atoms with van der Waals surface area (Å²) < 4.78 is 29.3. The Labute approximate surface area is 114 Å². The van der Waals surface area contributed by atoms with Gasteiger partial charge in [-0.3, -0.25) is 4.79 Å². The van der Waals surface area contributed by atoms with Crippen LogP contribution in [0.4, 0.5) is 0 Å². The Balaban J connectivity index is 2.68. The fraction of sp³-hybridized carbons (Fsp3) is 0.462. The van der Waals surface area contributed by atoms with Crippen LogP contribution >= 0.6 is 0 Å². The molecule has 0 aliphatic carbocycles. The van der Waals surface area contributed by atoms with Crippen molar-refractivity contribution in [3.63, 3.8) is 0 Å². The van der Waals surface area contributed by atoms with Crippen LogP contribution in [0.5, 0.6) is 0 Å². The van der Waals surface area contributed by atoms with Crippen LogP contribution in [-0.4, -0.2) is 27.2 Å². The van der Waals surface area contributed by atoms with E-state index >= 15 is 0 Å². The highest BCUT2D eigenvalue weighted by Gasteiger charge is 2.15. The highest BCUT2D eigenvalue weighted by atomic mass is 32.2. The lowest BCUT2D eigenvalue weighted by Gasteiger charge is -2.11. The number of hydrogen-bond acceptors (Lipinski definition) is 4. The SMILES string of the molecule is CCOC(=O)C(C)c1ccc(CNS(C)(=O)=O)cc1. The average molecular weight is 285 g/mol. The van der Waals surface area contributed by atoms with Gasteiger partial charge in [-0.05, 0) is 25.0 Å². The van der Waals surface area contributed by atoms with Crippen LogP contribution in [-0.2, 0) is 26.1 Å². The van der Waals surface area contributed by atoms with Gasteiger partial charge >= 0.3 is 5.97 Å². The molecule has 1 N–H and O–H groups in total. The van der Waals surface area contributed by atoms with Gasteiger partial charge in [0.25, 0.3) is 0 Å². The molecule has 0 fully saturated rings. The monoisotopic (exact) mass is 285 g/mol. The first-order valence-electron chi connectivity index (χ1n) is 6.03. The fourth-order valence-electron chi connectivity index (χ4n) is 1.54. The van der Waals surface area contributed by atoms with Gasteiger partial charge in [0, 0.05) is 6.54 Å². The van der Waals surface area contributed by atoms with Crippen LogP contribution in [0.25, 0.3) is 0 Å². The summed E-state index contributed by atoms with van der Waals surface area (Å²) in [6.45, 7) is 4.15. The molecule has 0 aromatic heterocycles. The number of rotatable bonds is 6. The molecule has 1 atom stereocenters. The minimum Gasteiger partial charge on any atom is -0.466 e. The quantitative estimate of drug-likeness (QED) is 0.802. The second-order valence-corrected chi connectivity index (χ2v) is 6.14. The van der Waals surface area contributed by atoms with E-state index in [4.69, 9.17) is 4.74 Å². The van der Waals surface area contributed by atoms with Crippen molar-refractivity contribution in [2.45, 2.75) is 26.3 Å². The molecule has 0 heterocycles. The zero-order chi connectivity index (χ0) is 14.5. The smallest absolute Gasteiger partial charge is 0.313 e. The highest BCUT2D eigenvalue weighted by molar-refractivity contribution is 7.88. The van der Waals surface area contributed by atoms with Gasteiger partial charge in [-0.1, -0.05) is 24.3 Å². The second-order valence-electron chi connectivity index (χ2n) is 4.31. The molecule has 0 saturated heterocycles. The minimum absolute atomic E-state index is 0.243. The van der Waals surface area contributed by atoms with Crippen molar-refractivity contribution in [1.82, 2.24) is 4.72 Å². The van der Waals surface area contributed by atoms with Crippen molar-refractivity contribution < 1.29 is 17.9 Å². The largest absolute Gasteiger partial charge is 0.466 e. The normalized spacial score (nSPS) is 13.0. The Kier molecular flexibility index (Phi) is 5.50.